The molecule has 3 unspecified atom stereocenters. The fourth-order valence-corrected chi connectivity index (χ4v) is 7.27. The molecule has 0 aliphatic carbocycles. The normalized spacial score (nSPS) is 18.1. The Morgan fingerprint density at radius 1 is 1.07 bits per heavy atom. The second kappa shape index (κ2) is 14.3. The SMILES string of the molecule is COCC1CC(Sc2ccccc2)CN1Cc1ccc(C(=O)NC(CCS(C)(=O)=O)C(=O)O)c(-c2ccccc2C)c1. The number of methoxy groups -OCH3 is 1. The number of carboxylic acids is 1. The summed E-state index contributed by atoms with van der Waals surface area (Å²) < 4.78 is 28.8. The van der Waals surface area contributed by atoms with Crippen LogP contribution >= 0.6 is 11.8 Å². The van der Waals surface area contributed by atoms with Crippen LogP contribution in [0.1, 0.15) is 34.3 Å². The summed E-state index contributed by atoms with van der Waals surface area (Å²) in [6, 6.07) is 22.7. The highest BCUT2D eigenvalue weighted by Gasteiger charge is 2.33. The highest BCUT2D eigenvalue weighted by Crippen LogP contribution is 2.35. The lowest BCUT2D eigenvalue weighted by Gasteiger charge is -2.24. The first-order chi connectivity index (χ1) is 20.0. The number of aliphatic carboxylic acids is 1. The van der Waals surface area contributed by atoms with Gasteiger partial charge < -0.3 is 15.2 Å². The summed E-state index contributed by atoms with van der Waals surface area (Å²) in [7, 11) is -1.67. The Hall–Kier alpha value is -3.18. The van der Waals surface area contributed by atoms with Crippen molar-refractivity contribution in [1.82, 2.24) is 10.2 Å². The number of nitrogens with one attached hydrogen (secondary N) is 1. The average molecular weight is 611 g/mol. The number of likely N-dealkylation sites (tertiary alicyclic amines) is 1. The Balaban J connectivity index is 1.60. The number of nitrogens with zero attached hydrogens (tertiary/aromatic N) is 1. The van der Waals surface area contributed by atoms with E-state index in [1.807, 2.05) is 61.2 Å². The fraction of sp³-hybridized carbons (Fsp3) is 0.375. The monoisotopic (exact) mass is 610 g/mol. The summed E-state index contributed by atoms with van der Waals surface area (Å²) in [6.07, 6.45) is 1.83. The van der Waals surface area contributed by atoms with Crippen LogP contribution in [0, 0.1) is 6.92 Å². The van der Waals surface area contributed by atoms with Crippen LogP contribution in [0.4, 0.5) is 0 Å². The molecule has 1 aliphatic heterocycles. The van der Waals surface area contributed by atoms with Gasteiger partial charge in [-0.3, -0.25) is 9.69 Å². The maximum atomic E-state index is 13.4. The summed E-state index contributed by atoms with van der Waals surface area (Å²) in [5.41, 5.74) is 3.93. The van der Waals surface area contributed by atoms with Crippen LogP contribution in [-0.4, -0.2) is 79.9 Å². The molecule has 3 aromatic carbocycles. The van der Waals surface area contributed by atoms with Gasteiger partial charge in [0.15, 0.2) is 0 Å². The number of thioether (sulfide) groups is 1. The van der Waals surface area contributed by atoms with Crippen LogP contribution in [0.3, 0.4) is 0 Å². The lowest BCUT2D eigenvalue weighted by Crippen LogP contribution is -2.42. The first-order valence-electron chi connectivity index (χ1n) is 13.9. The Labute approximate surface area is 252 Å². The van der Waals surface area contributed by atoms with Crippen molar-refractivity contribution in [3.05, 3.63) is 89.5 Å². The average Bonchev–Trinajstić information content (AvgIpc) is 3.31. The number of benzene rings is 3. The maximum absolute atomic E-state index is 13.4. The minimum atomic E-state index is -3.39. The van der Waals surface area contributed by atoms with Gasteiger partial charge >= 0.3 is 5.97 Å². The number of sulfone groups is 1. The number of aryl methyl sites for hydroxylation is 1. The predicted molar refractivity (Wildman–Crippen MR) is 167 cm³/mol. The zero-order chi connectivity index (χ0) is 30.3. The van der Waals surface area contributed by atoms with Gasteiger partial charge in [-0.05, 0) is 66.3 Å². The van der Waals surface area contributed by atoms with Crippen LogP contribution < -0.4 is 5.32 Å². The van der Waals surface area contributed by atoms with Crippen molar-refractivity contribution in [3.63, 3.8) is 0 Å². The molecule has 42 heavy (non-hydrogen) atoms. The molecule has 0 radical (unpaired) electrons. The lowest BCUT2D eigenvalue weighted by atomic mass is 9.93. The fourth-order valence-electron chi connectivity index (χ4n) is 5.32. The van der Waals surface area contributed by atoms with Crippen LogP contribution in [0.5, 0.6) is 0 Å². The molecule has 0 saturated carbocycles. The van der Waals surface area contributed by atoms with E-state index in [1.165, 1.54) is 4.90 Å². The number of carboxylic acid groups (broad SMARTS) is 1. The third-order valence-corrected chi connectivity index (χ3v) is 9.62. The quantitative estimate of drug-likeness (QED) is 0.287. The molecule has 1 heterocycles. The van der Waals surface area contributed by atoms with Gasteiger partial charge in [0.25, 0.3) is 5.91 Å². The smallest absolute Gasteiger partial charge is 0.326 e. The van der Waals surface area contributed by atoms with Crippen molar-refractivity contribution >= 4 is 33.5 Å². The molecule has 1 aliphatic rings. The van der Waals surface area contributed by atoms with Crippen molar-refractivity contribution in [2.45, 2.75) is 48.5 Å². The molecule has 4 rings (SSSR count). The molecule has 1 saturated heterocycles. The number of carbonyl (C=O) groups is 2. The zero-order valence-corrected chi connectivity index (χ0v) is 25.8. The van der Waals surface area contributed by atoms with Crippen molar-refractivity contribution in [2.24, 2.45) is 0 Å². The predicted octanol–water partition coefficient (Wildman–Crippen LogP) is 4.66. The molecular weight excluding hydrogens is 572 g/mol. The van der Waals surface area contributed by atoms with Crippen molar-refractivity contribution in [3.8, 4) is 11.1 Å². The molecule has 1 amide bonds. The summed E-state index contributed by atoms with van der Waals surface area (Å²) >= 11 is 1.88. The number of carbonyl (C=O) groups excluding carboxylic acids is 1. The molecule has 2 N–H and O–H groups in total. The van der Waals surface area contributed by atoms with E-state index in [0.29, 0.717) is 29.5 Å². The number of amides is 1. The molecule has 0 aromatic heterocycles. The van der Waals surface area contributed by atoms with Gasteiger partial charge in [-0.2, -0.15) is 0 Å². The van der Waals surface area contributed by atoms with Gasteiger partial charge in [-0.1, -0.05) is 48.5 Å². The maximum Gasteiger partial charge on any atom is 0.326 e. The van der Waals surface area contributed by atoms with Crippen LogP contribution in [0.25, 0.3) is 11.1 Å². The highest BCUT2D eigenvalue weighted by atomic mass is 32.2. The second-order valence-corrected chi connectivity index (χ2v) is 14.4. The van der Waals surface area contributed by atoms with Gasteiger partial charge in [-0.15, -0.1) is 11.8 Å². The van der Waals surface area contributed by atoms with E-state index in [9.17, 15) is 23.1 Å². The summed E-state index contributed by atoms with van der Waals surface area (Å²) in [5, 5.41) is 12.6. The molecule has 3 aromatic rings. The first kappa shape index (κ1) is 31.7. The van der Waals surface area contributed by atoms with E-state index >= 15 is 0 Å². The van der Waals surface area contributed by atoms with E-state index in [2.05, 4.69) is 34.5 Å². The van der Waals surface area contributed by atoms with Crippen LogP contribution in [0.2, 0.25) is 0 Å². The van der Waals surface area contributed by atoms with Crippen molar-refractivity contribution in [1.29, 1.82) is 0 Å². The molecule has 0 spiro atoms. The molecule has 0 bridgehead atoms. The largest absolute Gasteiger partial charge is 0.480 e. The lowest BCUT2D eigenvalue weighted by molar-refractivity contribution is -0.139. The highest BCUT2D eigenvalue weighted by molar-refractivity contribution is 8.00. The summed E-state index contributed by atoms with van der Waals surface area (Å²) in [4.78, 5) is 29.0. The molecule has 224 valence electrons. The van der Waals surface area contributed by atoms with Crippen LogP contribution in [-0.2, 0) is 25.9 Å². The Morgan fingerprint density at radius 2 is 1.79 bits per heavy atom. The van der Waals surface area contributed by atoms with Crippen LogP contribution in [0.15, 0.2) is 77.7 Å². The van der Waals surface area contributed by atoms with E-state index in [1.54, 1.807) is 13.2 Å². The second-order valence-electron chi connectivity index (χ2n) is 10.8. The van der Waals surface area contributed by atoms with E-state index < -0.39 is 27.8 Å². The van der Waals surface area contributed by atoms with E-state index in [-0.39, 0.29) is 18.2 Å². The standard InChI is InChI=1S/C32H38N2O6S2/c1-22-9-7-8-12-27(22)29-17-23(13-14-28(29)31(35)33-30(32(36)37)15-16-42(3,38)39)19-34-20-26(18-24(34)21-40-2)41-25-10-5-4-6-11-25/h4-14,17,24,26,30H,15-16,18-21H2,1-3H3,(H,33,35)(H,36,37). The Kier molecular flexibility index (Phi) is 10.8. The molecule has 1 fully saturated rings. The molecule has 3 atom stereocenters. The number of rotatable bonds is 13. The number of ether oxygens (including phenoxy) is 1. The molecular formula is C32H38N2O6S2. The topological polar surface area (TPSA) is 113 Å². The molecule has 10 heteroatoms. The van der Waals surface area contributed by atoms with Gasteiger partial charge in [0.1, 0.15) is 15.9 Å². The third kappa shape index (κ3) is 8.67. The van der Waals surface area contributed by atoms with Gasteiger partial charge in [-0.25, -0.2) is 13.2 Å². The summed E-state index contributed by atoms with van der Waals surface area (Å²) in [5.74, 6) is -2.17. The molecule has 8 nitrogen and oxygen atoms in total. The number of hydrogen-bond acceptors (Lipinski definition) is 7. The van der Waals surface area contributed by atoms with Crippen molar-refractivity contribution < 1.29 is 27.9 Å². The van der Waals surface area contributed by atoms with E-state index in [0.717, 1.165) is 35.9 Å². The minimum absolute atomic E-state index is 0.213. The van der Waals surface area contributed by atoms with Gasteiger partial charge in [0.05, 0.1) is 12.4 Å². The number of hydrogen-bond donors (Lipinski definition) is 2. The van der Waals surface area contributed by atoms with Crippen molar-refractivity contribution in [2.75, 3.05) is 32.3 Å². The van der Waals surface area contributed by atoms with Gasteiger partial charge in [0.2, 0.25) is 0 Å². The minimum Gasteiger partial charge on any atom is -0.480 e. The van der Waals surface area contributed by atoms with Gasteiger partial charge in [0, 0.05) is 48.2 Å². The van der Waals surface area contributed by atoms with E-state index in [4.69, 9.17) is 4.74 Å². The Morgan fingerprint density at radius 3 is 2.45 bits per heavy atom. The zero-order valence-electron chi connectivity index (χ0n) is 24.2. The Bertz CT molecular complexity index is 1500. The first-order valence-corrected chi connectivity index (χ1v) is 16.8. The third-order valence-electron chi connectivity index (χ3n) is 7.42. The summed E-state index contributed by atoms with van der Waals surface area (Å²) in [6.45, 7) is 4.17.